The van der Waals surface area contributed by atoms with Crippen molar-refractivity contribution in [1.82, 2.24) is 18.0 Å². The number of amides is 1. The summed E-state index contributed by atoms with van der Waals surface area (Å²) in [5.41, 5.74) is 2.68. The zero-order valence-corrected chi connectivity index (χ0v) is 20.1. The van der Waals surface area contributed by atoms with Crippen molar-refractivity contribution in [3.05, 3.63) is 48.0 Å². The summed E-state index contributed by atoms with van der Waals surface area (Å²) < 4.78 is 36.1. The molecule has 0 unspecified atom stereocenters. The zero-order valence-electron chi connectivity index (χ0n) is 18.4. The Labute approximate surface area is 192 Å². The van der Waals surface area contributed by atoms with Crippen LogP contribution in [0.1, 0.15) is 31.1 Å². The third kappa shape index (κ3) is 4.22. The van der Waals surface area contributed by atoms with Gasteiger partial charge >= 0.3 is 0 Å². The number of hydrogen-bond donors (Lipinski definition) is 0. The summed E-state index contributed by atoms with van der Waals surface area (Å²) in [7, 11) is -3.70. The quantitative estimate of drug-likeness (QED) is 0.547. The SMILES string of the molecule is CCN(c1ccc(C(=O)N2CCN(S(=O)(=O)c3cccc4nsnc34)CC2)cc1)C(C)C. The maximum Gasteiger partial charge on any atom is 0.253 e. The van der Waals surface area contributed by atoms with E-state index < -0.39 is 10.0 Å². The summed E-state index contributed by atoms with van der Waals surface area (Å²) in [4.78, 5) is 17.1. The predicted octanol–water partition coefficient (Wildman–Crippen LogP) is 3.07. The van der Waals surface area contributed by atoms with Crippen molar-refractivity contribution in [2.24, 2.45) is 0 Å². The Hall–Kier alpha value is -2.56. The van der Waals surface area contributed by atoms with Gasteiger partial charge in [-0.25, -0.2) is 8.42 Å². The van der Waals surface area contributed by atoms with Gasteiger partial charge < -0.3 is 9.80 Å². The third-order valence-corrected chi connectivity index (χ3v) is 8.28. The average molecular weight is 474 g/mol. The molecule has 1 aliphatic rings. The smallest absolute Gasteiger partial charge is 0.253 e. The minimum atomic E-state index is -3.70. The summed E-state index contributed by atoms with van der Waals surface area (Å²) >= 11 is 0.998. The van der Waals surface area contributed by atoms with Gasteiger partial charge in [-0.2, -0.15) is 13.1 Å². The van der Waals surface area contributed by atoms with Crippen LogP contribution in [-0.4, -0.2) is 71.0 Å². The molecular weight excluding hydrogens is 446 g/mol. The Morgan fingerprint density at radius 3 is 2.38 bits per heavy atom. The Kier molecular flexibility index (Phi) is 6.45. The summed E-state index contributed by atoms with van der Waals surface area (Å²) in [6, 6.07) is 13.0. The van der Waals surface area contributed by atoms with Crippen molar-refractivity contribution < 1.29 is 13.2 Å². The van der Waals surface area contributed by atoms with E-state index in [0.717, 1.165) is 24.0 Å². The lowest BCUT2D eigenvalue weighted by atomic mass is 10.1. The van der Waals surface area contributed by atoms with E-state index in [1.54, 1.807) is 23.1 Å². The molecule has 0 spiro atoms. The second-order valence-electron chi connectivity index (χ2n) is 8.01. The number of anilines is 1. The Morgan fingerprint density at radius 2 is 1.75 bits per heavy atom. The van der Waals surface area contributed by atoms with E-state index in [9.17, 15) is 13.2 Å². The van der Waals surface area contributed by atoms with E-state index in [4.69, 9.17) is 0 Å². The number of fused-ring (bicyclic) bond motifs is 1. The zero-order chi connectivity index (χ0) is 22.9. The molecule has 1 aliphatic heterocycles. The highest BCUT2D eigenvalue weighted by molar-refractivity contribution is 7.89. The molecule has 1 amide bonds. The van der Waals surface area contributed by atoms with Crippen molar-refractivity contribution in [3.8, 4) is 0 Å². The lowest BCUT2D eigenvalue weighted by Gasteiger charge is -2.34. The molecule has 32 heavy (non-hydrogen) atoms. The molecule has 4 rings (SSSR count). The fourth-order valence-corrected chi connectivity index (χ4v) is 6.26. The lowest BCUT2D eigenvalue weighted by molar-refractivity contribution is 0.0698. The molecule has 1 aromatic heterocycles. The van der Waals surface area contributed by atoms with Crippen LogP contribution in [0.15, 0.2) is 47.4 Å². The molecule has 170 valence electrons. The van der Waals surface area contributed by atoms with Gasteiger partial charge in [0.05, 0.1) is 11.7 Å². The van der Waals surface area contributed by atoms with Crippen LogP contribution in [0.4, 0.5) is 5.69 Å². The van der Waals surface area contributed by atoms with Gasteiger partial charge in [0.15, 0.2) is 0 Å². The molecule has 0 aliphatic carbocycles. The van der Waals surface area contributed by atoms with Crippen LogP contribution in [0.3, 0.4) is 0 Å². The largest absolute Gasteiger partial charge is 0.369 e. The highest BCUT2D eigenvalue weighted by atomic mass is 32.2. The maximum atomic E-state index is 13.2. The number of sulfonamides is 1. The van der Waals surface area contributed by atoms with E-state index in [0.29, 0.717) is 35.7 Å². The van der Waals surface area contributed by atoms with Gasteiger partial charge in [0.2, 0.25) is 10.0 Å². The normalized spacial score (nSPS) is 15.4. The molecule has 2 aromatic carbocycles. The molecule has 8 nitrogen and oxygen atoms in total. The van der Waals surface area contributed by atoms with E-state index in [2.05, 4.69) is 34.4 Å². The van der Waals surface area contributed by atoms with E-state index in [-0.39, 0.29) is 23.9 Å². The highest BCUT2D eigenvalue weighted by Gasteiger charge is 2.32. The predicted molar refractivity (Wildman–Crippen MR) is 127 cm³/mol. The second kappa shape index (κ2) is 9.13. The van der Waals surface area contributed by atoms with Crippen LogP contribution >= 0.6 is 11.7 Å². The average Bonchev–Trinajstić information content (AvgIpc) is 3.28. The van der Waals surface area contributed by atoms with Crippen LogP contribution in [-0.2, 0) is 10.0 Å². The van der Waals surface area contributed by atoms with Crippen LogP contribution < -0.4 is 4.90 Å². The molecule has 10 heteroatoms. The van der Waals surface area contributed by atoms with Gasteiger partial charge in [-0.1, -0.05) is 6.07 Å². The summed E-state index contributed by atoms with van der Waals surface area (Å²) in [5.74, 6) is -0.0769. The van der Waals surface area contributed by atoms with Gasteiger partial charge in [0, 0.05) is 50.0 Å². The molecule has 0 bridgehead atoms. The molecule has 1 fully saturated rings. The summed E-state index contributed by atoms with van der Waals surface area (Å²) in [6.07, 6.45) is 0. The topological polar surface area (TPSA) is 86.7 Å². The fourth-order valence-electron chi connectivity index (χ4n) is 4.08. The first-order valence-corrected chi connectivity index (χ1v) is 12.9. The standard InChI is InChI=1S/C22H27N5O3S2/c1-4-27(16(2)3)18-10-8-17(9-11-18)22(28)25-12-14-26(15-13-25)32(29,30)20-7-5-6-19-21(20)24-31-23-19/h5-11,16H,4,12-15H2,1-3H3. The highest BCUT2D eigenvalue weighted by Crippen LogP contribution is 2.25. The molecule has 2 heterocycles. The summed E-state index contributed by atoms with van der Waals surface area (Å²) in [5, 5.41) is 0. The number of rotatable bonds is 6. The number of nitrogens with zero attached hydrogens (tertiary/aromatic N) is 5. The Bertz CT molecular complexity index is 1200. The second-order valence-corrected chi connectivity index (χ2v) is 10.4. The van der Waals surface area contributed by atoms with Gasteiger partial charge in [-0.3, -0.25) is 4.79 Å². The van der Waals surface area contributed by atoms with Crippen molar-refractivity contribution in [2.75, 3.05) is 37.6 Å². The minimum absolute atomic E-state index is 0.0769. The lowest BCUT2D eigenvalue weighted by Crippen LogP contribution is -2.50. The Morgan fingerprint density at radius 1 is 1.06 bits per heavy atom. The van der Waals surface area contributed by atoms with Crippen LogP contribution in [0, 0.1) is 0 Å². The van der Waals surface area contributed by atoms with Crippen molar-refractivity contribution >= 4 is 44.4 Å². The van der Waals surface area contributed by atoms with Crippen molar-refractivity contribution in [2.45, 2.75) is 31.7 Å². The summed E-state index contributed by atoms with van der Waals surface area (Å²) in [6.45, 7) is 8.47. The Balaban J connectivity index is 1.44. The van der Waals surface area contributed by atoms with Gasteiger partial charge in [0.1, 0.15) is 15.9 Å². The molecule has 3 aromatic rings. The van der Waals surface area contributed by atoms with Crippen LogP contribution in [0.2, 0.25) is 0 Å². The minimum Gasteiger partial charge on any atom is -0.369 e. The van der Waals surface area contributed by atoms with Crippen LogP contribution in [0.5, 0.6) is 0 Å². The van der Waals surface area contributed by atoms with Crippen LogP contribution in [0.25, 0.3) is 11.0 Å². The number of benzene rings is 2. The molecule has 0 N–H and O–H groups in total. The van der Waals surface area contributed by atoms with E-state index in [1.807, 2.05) is 24.3 Å². The van der Waals surface area contributed by atoms with Crippen molar-refractivity contribution in [3.63, 3.8) is 0 Å². The number of piperazine rings is 1. The third-order valence-electron chi connectivity index (χ3n) is 5.80. The fraction of sp³-hybridized carbons (Fsp3) is 0.409. The number of carbonyl (C=O) groups excluding carboxylic acids is 1. The number of hydrogen-bond acceptors (Lipinski definition) is 7. The molecule has 0 radical (unpaired) electrons. The van der Waals surface area contributed by atoms with Crippen molar-refractivity contribution in [1.29, 1.82) is 0 Å². The van der Waals surface area contributed by atoms with Gasteiger partial charge in [0.25, 0.3) is 5.91 Å². The molecule has 1 saturated heterocycles. The first-order valence-electron chi connectivity index (χ1n) is 10.7. The van der Waals surface area contributed by atoms with E-state index in [1.165, 1.54) is 4.31 Å². The first kappa shape index (κ1) is 22.6. The molecule has 0 saturated carbocycles. The number of carbonyl (C=O) groups is 1. The van der Waals surface area contributed by atoms with E-state index >= 15 is 0 Å². The maximum absolute atomic E-state index is 13.2. The van der Waals surface area contributed by atoms with Gasteiger partial charge in [-0.05, 0) is 57.2 Å². The monoisotopic (exact) mass is 473 g/mol. The van der Waals surface area contributed by atoms with Gasteiger partial charge in [-0.15, -0.1) is 0 Å². The molecule has 0 atom stereocenters. The molecular formula is C22H27N5O3S2. The number of aromatic nitrogens is 2. The first-order chi connectivity index (χ1) is 15.3.